The fourth-order valence-corrected chi connectivity index (χ4v) is 3.15. The maximum Gasteiger partial charge on any atom is 0.289 e. The number of nitrogens with two attached hydrogens (primary N) is 1. The van der Waals surface area contributed by atoms with Crippen LogP contribution in [0.4, 0.5) is 5.69 Å². The highest BCUT2D eigenvalue weighted by molar-refractivity contribution is 5.96. The minimum absolute atomic E-state index is 0.0309. The minimum Gasteiger partial charge on any atom is -0.451 e. The van der Waals surface area contributed by atoms with E-state index in [0.29, 0.717) is 23.1 Å². The lowest BCUT2D eigenvalue weighted by molar-refractivity contribution is 0.0688. The van der Waals surface area contributed by atoms with Crippen molar-refractivity contribution in [2.75, 3.05) is 12.8 Å². The van der Waals surface area contributed by atoms with Crippen LogP contribution in [0.3, 0.4) is 0 Å². The van der Waals surface area contributed by atoms with Crippen molar-refractivity contribution >= 4 is 22.6 Å². The molecule has 2 N–H and O–H groups in total. The summed E-state index contributed by atoms with van der Waals surface area (Å²) in [6, 6.07) is 7.56. The predicted octanol–water partition coefficient (Wildman–Crippen LogP) is 3.81. The fraction of sp³-hybridized carbons (Fsp3) is 0.471. The van der Waals surface area contributed by atoms with Crippen LogP contribution in [0.2, 0.25) is 0 Å². The molecule has 0 radical (unpaired) electrons. The molecule has 4 heteroatoms. The average molecular weight is 286 g/mol. The summed E-state index contributed by atoms with van der Waals surface area (Å²) >= 11 is 0. The monoisotopic (exact) mass is 286 g/mol. The van der Waals surface area contributed by atoms with E-state index in [1.54, 1.807) is 12.1 Å². The topological polar surface area (TPSA) is 59.5 Å². The lowest BCUT2D eigenvalue weighted by Gasteiger charge is -2.26. The van der Waals surface area contributed by atoms with Crippen LogP contribution in [-0.4, -0.2) is 23.9 Å². The molecule has 1 aliphatic rings. The lowest BCUT2D eigenvalue weighted by Crippen LogP contribution is -2.36. The molecule has 0 unspecified atom stereocenters. The number of nitrogens with zero attached hydrogens (tertiary/aromatic N) is 1. The standard InChI is InChI=1S/C17H22N2O2/c1-19(14-6-4-2-3-5-7-14)17(20)16-11-12-10-13(18)8-9-15(12)21-16/h8-11,14H,2-7,18H2,1H3. The van der Waals surface area contributed by atoms with Crippen molar-refractivity contribution in [2.45, 2.75) is 44.6 Å². The maximum atomic E-state index is 12.6. The molecule has 0 bridgehead atoms. The predicted molar refractivity (Wildman–Crippen MR) is 84.2 cm³/mol. The van der Waals surface area contributed by atoms with Gasteiger partial charge in [-0.2, -0.15) is 0 Å². The summed E-state index contributed by atoms with van der Waals surface area (Å²) < 4.78 is 5.68. The summed E-state index contributed by atoms with van der Waals surface area (Å²) in [5.74, 6) is 0.374. The molecule has 3 rings (SSSR count). The Morgan fingerprint density at radius 2 is 1.90 bits per heavy atom. The zero-order valence-electron chi connectivity index (χ0n) is 12.5. The molecule has 2 aromatic rings. The highest BCUT2D eigenvalue weighted by Crippen LogP contribution is 2.25. The molecule has 1 heterocycles. The molecular formula is C17H22N2O2. The van der Waals surface area contributed by atoms with E-state index in [1.165, 1.54) is 25.7 Å². The molecule has 1 amide bonds. The first-order chi connectivity index (χ1) is 10.1. The van der Waals surface area contributed by atoms with Crippen LogP contribution < -0.4 is 5.73 Å². The van der Waals surface area contributed by atoms with Crippen molar-refractivity contribution < 1.29 is 9.21 Å². The Labute approximate surface area is 124 Å². The molecule has 1 aromatic carbocycles. The third kappa shape index (κ3) is 2.89. The molecule has 4 nitrogen and oxygen atoms in total. The normalized spacial score (nSPS) is 16.8. The first kappa shape index (κ1) is 14.0. The summed E-state index contributed by atoms with van der Waals surface area (Å²) in [7, 11) is 1.89. The van der Waals surface area contributed by atoms with Crippen molar-refractivity contribution in [3.05, 3.63) is 30.0 Å². The van der Waals surface area contributed by atoms with Crippen LogP contribution in [-0.2, 0) is 0 Å². The van der Waals surface area contributed by atoms with E-state index in [0.717, 1.165) is 18.2 Å². The van der Waals surface area contributed by atoms with Gasteiger partial charge in [0.15, 0.2) is 5.76 Å². The second-order valence-electron chi connectivity index (χ2n) is 5.97. The Kier molecular flexibility index (Phi) is 3.86. The number of hydrogen-bond acceptors (Lipinski definition) is 3. The van der Waals surface area contributed by atoms with Crippen molar-refractivity contribution in [2.24, 2.45) is 0 Å². The highest BCUT2D eigenvalue weighted by atomic mass is 16.3. The Morgan fingerprint density at radius 3 is 2.62 bits per heavy atom. The number of nitrogen functional groups attached to an aromatic ring is 1. The van der Waals surface area contributed by atoms with Gasteiger partial charge in [-0.05, 0) is 37.1 Å². The average Bonchev–Trinajstić information content (AvgIpc) is 2.71. The number of amides is 1. The van der Waals surface area contributed by atoms with Crippen molar-refractivity contribution in [3.8, 4) is 0 Å². The summed E-state index contributed by atoms with van der Waals surface area (Å²) in [4.78, 5) is 14.5. The molecular weight excluding hydrogens is 264 g/mol. The number of benzene rings is 1. The van der Waals surface area contributed by atoms with E-state index in [4.69, 9.17) is 10.2 Å². The molecule has 21 heavy (non-hydrogen) atoms. The number of rotatable bonds is 2. The second kappa shape index (κ2) is 5.80. The van der Waals surface area contributed by atoms with E-state index >= 15 is 0 Å². The minimum atomic E-state index is -0.0309. The van der Waals surface area contributed by atoms with Crippen LogP contribution in [0.5, 0.6) is 0 Å². The van der Waals surface area contributed by atoms with Gasteiger partial charge < -0.3 is 15.1 Å². The molecule has 0 aliphatic heterocycles. The van der Waals surface area contributed by atoms with Gasteiger partial charge in [-0.15, -0.1) is 0 Å². The molecule has 1 fully saturated rings. The molecule has 1 aliphatic carbocycles. The van der Waals surface area contributed by atoms with Crippen LogP contribution in [0.1, 0.15) is 49.1 Å². The number of carbonyl (C=O) groups is 1. The van der Waals surface area contributed by atoms with E-state index in [9.17, 15) is 4.79 Å². The van der Waals surface area contributed by atoms with E-state index < -0.39 is 0 Å². The summed E-state index contributed by atoms with van der Waals surface area (Å²) in [6.07, 6.45) is 7.16. The zero-order chi connectivity index (χ0) is 14.8. The molecule has 112 valence electrons. The summed E-state index contributed by atoms with van der Waals surface area (Å²) in [5, 5.41) is 0.882. The molecule has 1 aromatic heterocycles. The van der Waals surface area contributed by atoms with Gasteiger partial charge in [0.25, 0.3) is 5.91 Å². The molecule has 0 saturated heterocycles. The third-order valence-corrected chi connectivity index (χ3v) is 4.44. The zero-order valence-corrected chi connectivity index (χ0v) is 12.5. The number of furan rings is 1. The van der Waals surface area contributed by atoms with Crippen molar-refractivity contribution in [3.63, 3.8) is 0 Å². The Morgan fingerprint density at radius 1 is 1.19 bits per heavy atom. The van der Waals surface area contributed by atoms with Gasteiger partial charge >= 0.3 is 0 Å². The van der Waals surface area contributed by atoms with E-state index in [2.05, 4.69) is 0 Å². The maximum absolute atomic E-state index is 12.6. The van der Waals surface area contributed by atoms with Gasteiger partial charge in [0.1, 0.15) is 5.58 Å². The highest BCUT2D eigenvalue weighted by Gasteiger charge is 2.24. The number of anilines is 1. The van der Waals surface area contributed by atoms with Crippen LogP contribution >= 0.6 is 0 Å². The first-order valence-corrected chi connectivity index (χ1v) is 7.71. The largest absolute Gasteiger partial charge is 0.451 e. The SMILES string of the molecule is CN(C(=O)c1cc2cc(N)ccc2o1)C1CCCCCC1. The van der Waals surface area contributed by atoms with Crippen LogP contribution in [0.25, 0.3) is 11.0 Å². The lowest BCUT2D eigenvalue weighted by atomic mass is 10.1. The van der Waals surface area contributed by atoms with E-state index in [1.807, 2.05) is 24.1 Å². The quantitative estimate of drug-likeness (QED) is 0.674. The Hall–Kier alpha value is -1.97. The molecule has 0 atom stereocenters. The number of fused-ring (bicyclic) bond motifs is 1. The Bertz CT molecular complexity index is 639. The number of hydrogen-bond donors (Lipinski definition) is 1. The second-order valence-corrected chi connectivity index (χ2v) is 5.97. The smallest absolute Gasteiger partial charge is 0.289 e. The van der Waals surface area contributed by atoms with Gasteiger partial charge in [0, 0.05) is 24.2 Å². The van der Waals surface area contributed by atoms with Gasteiger partial charge in [-0.3, -0.25) is 4.79 Å². The fourth-order valence-electron chi connectivity index (χ4n) is 3.15. The summed E-state index contributed by atoms with van der Waals surface area (Å²) in [6.45, 7) is 0. The summed E-state index contributed by atoms with van der Waals surface area (Å²) in [5.41, 5.74) is 7.16. The van der Waals surface area contributed by atoms with Crippen molar-refractivity contribution in [1.82, 2.24) is 4.90 Å². The first-order valence-electron chi connectivity index (χ1n) is 7.71. The van der Waals surface area contributed by atoms with Gasteiger partial charge in [0.2, 0.25) is 0 Å². The van der Waals surface area contributed by atoms with Crippen LogP contribution in [0, 0.1) is 0 Å². The molecule has 1 saturated carbocycles. The van der Waals surface area contributed by atoms with Gasteiger partial charge in [0.05, 0.1) is 0 Å². The number of carbonyl (C=O) groups excluding carboxylic acids is 1. The van der Waals surface area contributed by atoms with Crippen molar-refractivity contribution in [1.29, 1.82) is 0 Å². The van der Waals surface area contributed by atoms with E-state index in [-0.39, 0.29) is 5.91 Å². The van der Waals surface area contributed by atoms with Gasteiger partial charge in [-0.25, -0.2) is 0 Å². The Balaban J connectivity index is 1.81. The molecule has 0 spiro atoms. The van der Waals surface area contributed by atoms with Gasteiger partial charge in [-0.1, -0.05) is 25.7 Å². The van der Waals surface area contributed by atoms with Crippen LogP contribution in [0.15, 0.2) is 28.7 Å². The third-order valence-electron chi connectivity index (χ3n) is 4.44.